The lowest BCUT2D eigenvalue weighted by atomic mass is 10.1. The zero-order chi connectivity index (χ0) is 19.6. The smallest absolute Gasteiger partial charge is 0.148 e. The van der Waals surface area contributed by atoms with Gasteiger partial charge in [-0.2, -0.15) is 5.26 Å². The van der Waals surface area contributed by atoms with Crippen LogP contribution in [0.4, 0.5) is 10.1 Å². The van der Waals surface area contributed by atoms with Crippen molar-refractivity contribution in [1.29, 1.82) is 5.26 Å². The fourth-order valence-corrected chi connectivity index (χ4v) is 3.03. The predicted molar refractivity (Wildman–Crippen MR) is 109 cm³/mol. The number of rotatable bonds is 6. The zero-order valence-electron chi connectivity index (χ0n) is 15.5. The maximum absolute atomic E-state index is 13.9. The average molecular weight is 383 g/mol. The first-order valence-corrected chi connectivity index (χ1v) is 9.56. The molecule has 2 aromatic carbocycles. The van der Waals surface area contributed by atoms with Crippen molar-refractivity contribution in [2.24, 2.45) is 0 Å². The Hall–Kier alpha value is -2.91. The van der Waals surface area contributed by atoms with Crippen LogP contribution in [0.3, 0.4) is 0 Å². The van der Waals surface area contributed by atoms with E-state index in [-0.39, 0.29) is 0 Å². The van der Waals surface area contributed by atoms with Crippen LogP contribution in [-0.2, 0) is 0 Å². The van der Waals surface area contributed by atoms with Crippen LogP contribution in [0.5, 0.6) is 5.75 Å². The molecule has 0 saturated carbocycles. The van der Waals surface area contributed by atoms with Gasteiger partial charge in [0, 0.05) is 16.7 Å². The number of benzene rings is 2. The summed E-state index contributed by atoms with van der Waals surface area (Å²) in [4.78, 5) is 4.12. The molecule has 0 aliphatic carbocycles. The van der Waals surface area contributed by atoms with E-state index in [0.29, 0.717) is 17.9 Å². The van der Waals surface area contributed by atoms with E-state index in [0.717, 1.165) is 21.9 Å². The lowest BCUT2D eigenvalue weighted by Crippen LogP contribution is -1.93. The molecule has 27 heavy (non-hydrogen) atoms. The summed E-state index contributed by atoms with van der Waals surface area (Å²) in [5, 5.41) is 8.78. The van der Waals surface area contributed by atoms with Gasteiger partial charge in [0.15, 0.2) is 0 Å². The SMILES string of the molecule is CC.CCOc1ccccc1-c1cc(SNc2ccc(C#N)cc2F)c[nH]1. The van der Waals surface area contributed by atoms with E-state index in [2.05, 4.69) is 9.71 Å². The van der Waals surface area contributed by atoms with Gasteiger partial charge < -0.3 is 14.4 Å². The Bertz CT molecular complexity index is 918. The van der Waals surface area contributed by atoms with Crippen LogP contribution in [0.1, 0.15) is 26.3 Å². The van der Waals surface area contributed by atoms with Crippen LogP contribution < -0.4 is 9.46 Å². The highest BCUT2D eigenvalue weighted by molar-refractivity contribution is 8.00. The van der Waals surface area contributed by atoms with Crippen LogP contribution in [0.2, 0.25) is 0 Å². The van der Waals surface area contributed by atoms with Crippen LogP contribution in [0, 0.1) is 17.1 Å². The minimum absolute atomic E-state index is 0.296. The molecule has 3 rings (SSSR count). The van der Waals surface area contributed by atoms with Crippen molar-refractivity contribution in [1.82, 2.24) is 4.98 Å². The van der Waals surface area contributed by atoms with Gasteiger partial charge in [-0.15, -0.1) is 0 Å². The number of aromatic amines is 1. The Labute approximate surface area is 163 Å². The molecule has 1 heterocycles. The molecule has 0 aliphatic rings. The van der Waals surface area contributed by atoms with E-state index in [1.54, 1.807) is 12.1 Å². The Morgan fingerprint density at radius 1 is 1.19 bits per heavy atom. The van der Waals surface area contributed by atoms with E-state index in [1.807, 2.05) is 63.4 Å². The molecule has 0 saturated heterocycles. The van der Waals surface area contributed by atoms with E-state index in [9.17, 15) is 4.39 Å². The molecule has 0 fully saturated rings. The number of nitrogens with one attached hydrogen (secondary N) is 2. The second-order valence-electron chi connectivity index (χ2n) is 5.19. The summed E-state index contributed by atoms with van der Waals surface area (Å²) in [6.45, 7) is 6.54. The molecule has 1 aromatic heterocycles. The third-order valence-electron chi connectivity index (χ3n) is 3.51. The normalized spacial score (nSPS) is 9.74. The van der Waals surface area contributed by atoms with E-state index in [4.69, 9.17) is 10.00 Å². The largest absolute Gasteiger partial charge is 0.493 e. The molecule has 0 radical (unpaired) electrons. The molecule has 140 valence electrons. The van der Waals surface area contributed by atoms with E-state index >= 15 is 0 Å². The van der Waals surface area contributed by atoms with Gasteiger partial charge in [-0.05, 0) is 55.3 Å². The van der Waals surface area contributed by atoms with Crippen molar-refractivity contribution in [2.45, 2.75) is 25.7 Å². The lowest BCUT2D eigenvalue weighted by molar-refractivity contribution is 0.341. The number of H-pyrrole nitrogens is 1. The molecule has 0 atom stereocenters. The Balaban J connectivity index is 0.00000126. The molecule has 0 bridgehead atoms. The van der Waals surface area contributed by atoms with Gasteiger partial charge in [0.1, 0.15) is 11.6 Å². The minimum Gasteiger partial charge on any atom is -0.493 e. The van der Waals surface area contributed by atoms with Crippen molar-refractivity contribution in [3.8, 4) is 23.1 Å². The average Bonchev–Trinajstić information content (AvgIpc) is 3.18. The number of hydrogen-bond acceptors (Lipinski definition) is 4. The first-order chi connectivity index (χ1) is 13.2. The van der Waals surface area contributed by atoms with Gasteiger partial charge in [0.2, 0.25) is 0 Å². The molecular formula is C21H22FN3OS. The van der Waals surface area contributed by atoms with Crippen molar-refractivity contribution in [3.63, 3.8) is 0 Å². The summed E-state index contributed by atoms with van der Waals surface area (Å²) in [7, 11) is 0. The number of nitriles is 1. The van der Waals surface area contributed by atoms with Crippen LogP contribution in [-0.4, -0.2) is 11.6 Å². The Morgan fingerprint density at radius 2 is 1.96 bits per heavy atom. The van der Waals surface area contributed by atoms with Crippen LogP contribution in [0.15, 0.2) is 59.6 Å². The Kier molecular flexibility index (Phi) is 7.78. The molecule has 0 spiro atoms. The fraction of sp³-hybridized carbons (Fsp3) is 0.190. The summed E-state index contributed by atoms with van der Waals surface area (Å²) in [6, 6.07) is 16.0. The maximum atomic E-state index is 13.9. The molecule has 0 amide bonds. The molecule has 3 aromatic rings. The summed E-state index contributed by atoms with van der Waals surface area (Å²) < 4.78 is 22.5. The topological polar surface area (TPSA) is 60.8 Å². The number of ether oxygens (including phenoxy) is 1. The summed E-state index contributed by atoms with van der Waals surface area (Å²) in [5.74, 6) is 0.360. The number of para-hydroxylation sites is 1. The number of halogens is 1. The molecular weight excluding hydrogens is 361 g/mol. The van der Waals surface area contributed by atoms with Gasteiger partial charge in [-0.25, -0.2) is 4.39 Å². The van der Waals surface area contributed by atoms with E-state index < -0.39 is 5.82 Å². The molecule has 2 N–H and O–H groups in total. The van der Waals surface area contributed by atoms with Crippen molar-refractivity contribution in [2.75, 3.05) is 11.3 Å². The first-order valence-electron chi connectivity index (χ1n) is 8.74. The number of anilines is 1. The van der Waals surface area contributed by atoms with Gasteiger partial charge in [-0.1, -0.05) is 26.0 Å². The highest BCUT2D eigenvalue weighted by atomic mass is 32.2. The monoisotopic (exact) mass is 383 g/mol. The molecule has 0 aliphatic heterocycles. The van der Waals surface area contributed by atoms with E-state index in [1.165, 1.54) is 18.0 Å². The molecule has 4 nitrogen and oxygen atoms in total. The van der Waals surface area contributed by atoms with Crippen molar-refractivity contribution < 1.29 is 9.13 Å². The second-order valence-corrected chi connectivity index (χ2v) is 6.07. The first kappa shape index (κ1) is 20.4. The lowest BCUT2D eigenvalue weighted by Gasteiger charge is -2.08. The Morgan fingerprint density at radius 3 is 2.67 bits per heavy atom. The fourth-order valence-electron chi connectivity index (χ4n) is 2.34. The van der Waals surface area contributed by atoms with Gasteiger partial charge in [0.25, 0.3) is 0 Å². The molecule has 6 heteroatoms. The maximum Gasteiger partial charge on any atom is 0.148 e. The molecule has 0 unspecified atom stereocenters. The number of aromatic nitrogens is 1. The number of hydrogen-bond donors (Lipinski definition) is 2. The standard InChI is InChI=1S/C19H16FN3OS.C2H6/c1-2-24-19-6-4-3-5-15(19)18-10-14(12-22-18)25-23-17-8-7-13(11-21)9-16(17)20;1-2/h3-10,12,22-23H,2H2,1H3;1-2H3. The zero-order valence-corrected chi connectivity index (χ0v) is 16.4. The summed E-state index contributed by atoms with van der Waals surface area (Å²) in [6.07, 6.45) is 1.84. The third kappa shape index (κ3) is 5.28. The second kappa shape index (κ2) is 10.3. The van der Waals surface area contributed by atoms with Crippen molar-refractivity contribution in [3.05, 3.63) is 66.1 Å². The minimum atomic E-state index is -0.455. The predicted octanol–water partition coefficient (Wildman–Crippen LogP) is 6.24. The number of nitrogens with zero attached hydrogens (tertiary/aromatic N) is 1. The van der Waals surface area contributed by atoms with Gasteiger partial charge in [-0.3, -0.25) is 0 Å². The quantitative estimate of drug-likeness (QED) is 0.495. The van der Waals surface area contributed by atoms with Gasteiger partial charge in [0.05, 0.1) is 29.6 Å². The highest BCUT2D eigenvalue weighted by Crippen LogP contribution is 2.32. The summed E-state index contributed by atoms with van der Waals surface area (Å²) in [5.41, 5.74) is 2.53. The third-order valence-corrected chi connectivity index (χ3v) is 4.30. The van der Waals surface area contributed by atoms with Crippen LogP contribution >= 0.6 is 11.9 Å². The van der Waals surface area contributed by atoms with Crippen LogP contribution in [0.25, 0.3) is 11.3 Å². The van der Waals surface area contributed by atoms with Crippen molar-refractivity contribution >= 4 is 17.6 Å². The highest BCUT2D eigenvalue weighted by Gasteiger charge is 2.09. The summed E-state index contributed by atoms with van der Waals surface area (Å²) >= 11 is 1.29. The van der Waals surface area contributed by atoms with Gasteiger partial charge >= 0.3 is 0 Å².